The van der Waals surface area contributed by atoms with Crippen molar-refractivity contribution < 1.29 is 5.11 Å². The Hall–Kier alpha value is -1.02. The van der Waals surface area contributed by atoms with Gasteiger partial charge in [-0.05, 0) is 32.4 Å². The van der Waals surface area contributed by atoms with Gasteiger partial charge in [-0.3, -0.25) is 0 Å². The summed E-state index contributed by atoms with van der Waals surface area (Å²) in [7, 11) is 0. The summed E-state index contributed by atoms with van der Waals surface area (Å²) in [6.45, 7) is 5.99. The number of nitrogens with one attached hydrogen (secondary N) is 1. The normalized spacial score (nSPS) is 16.8. The van der Waals surface area contributed by atoms with Crippen LogP contribution in [0.3, 0.4) is 0 Å². The smallest absolute Gasteiger partial charge is 0.0817 e. The molecule has 0 aromatic heterocycles. The molecule has 2 atom stereocenters. The van der Waals surface area contributed by atoms with Crippen LogP contribution in [0.4, 0.5) is 5.69 Å². The van der Waals surface area contributed by atoms with Crippen molar-refractivity contribution in [3.05, 3.63) is 30.3 Å². The number of hydrogen-bond donors (Lipinski definition) is 2. The number of benzene rings is 1. The fourth-order valence-electron chi connectivity index (χ4n) is 1.66. The Morgan fingerprint density at radius 1 is 1.33 bits per heavy atom. The van der Waals surface area contributed by atoms with Crippen molar-refractivity contribution >= 4 is 5.69 Å². The molecular formula is C13H21NO. The molecule has 0 spiro atoms. The van der Waals surface area contributed by atoms with E-state index >= 15 is 0 Å². The first kappa shape index (κ1) is 12.1. The Morgan fingerprint density at radius 2 is 1.93 bits per heavy atom. The standard InChI is InChI=1S/C13H21NO/c1-4-10-13(3,15)11(2)14-12-8-6-5-7-9-12/h5-9,11,14-15H,4,10H2,1-3H3/t11-,13+/m1/s1. The minimum atomic E-state index is -0.648. The minimum Gasteiger partial charge on any atom is -0.388 e. The maximum atomic E-state index is 10.2. The molecule has 0 heterocycles. The molecule has 0 radical (unpaired) electrons. The van der Waals surface area contributed by atoms with E-state index in [1.54, 1.807) is 0 Å². The summed E-state index contributed by atoms with van der Waals surface area (Å²) < 4.78 is 0. The van der Waals surface area contributed by atoms with Gasteiger partial charge in [-0.2, -0.15) is 0 Å². The van der Waals surface area contributed by atoms with Gasteiger partial charge in [0.25, 0.3) is 0 Å². The predicted octanol–water partition coefficient (Wildman–Crippen LogP) is 3.04. The molecule has 84 valence electrons. The van der Waals surface area contributed by atoms with Crippen LogP contribution in [0.1, 0.15) is 33.6 Å². The molecule has 0 aliphatic rings. The molecule has 0 fully saturated rings. The van der Waals surface area contributed by atoms with E-state index in [1.807, 2.05) is 44.2 Å². The molecule has 0 aliphatic heterocycles. The van der Waals surface area contributed by atoms with Crippen LogP contribution in [0.25, 0.3) is 0 Å². The molecule has 1 aromatic carbocycles. The van der Waals surface area contributed by atoms with Crippen molar-refractivity contribution in [2.45, 2.75) is 45.3 Å². The summed E-state index contributed by atoms with van der Waals surface area (Å²) in [6.07, 6.45) is 1.81. The third-order valence-electron chi connectivity index (χ3n) is 2.85. The average Bonchev–Trinajstić information content (AvgIpc) is 2.19. The predicted molar refractivity (Wildman–Crippen MR) is 65.1 cm³/mol. The SMILES string of the molecule is CCC[C@](C)(O)[C@@H](C)Nc1ccccc1. The number of anilines is 1. The molecule has 0 saturated carbocycles. The fourth-order valence-corrected chi connectivity index (χ4v) is 1.66. The van der Waals surface area contributed by atoms with Crippen molar-refractivity contribution in [2.24, 2.45) is 0 Å². The first-order chi connectivity index (χ1) is 7.06. The zero-order valence-corrected chi connectivity index (χ0v) is 9.83. The van der Waals surface area contributed by atoms with Gasteiger partial charge in [0.2, 0.25) is 0 Å². The molecule has 2 nitrogen and oxygen atoms in total. The Bertz CT molecular complexity index is 282. The van der Waals surface area contributed by atoms with Gasteiger partial charge < -0.3 is 10.4 Å². The third-order valence-corrected chi connectivity index (χ3v) is 2.85. The Kier molecular flexibility index (Phi) is 4.15. The lowest BCUT2D eigenvalue weighted by atomic mass is 9.92. The lowest BCUT2D eigenvalue weighted by molar-refractivity contribution is 0.0355. The summed E-state index contributed by atoms with van der Waals surface area (Å²) in [5.41, 5.74) is 0.409. The van der Waals surface area contributed by atoms with E-state index in [1.165, 1.54) is 0 Å². The van der Waals surface area contributed by atoms with Gasteiger partial charge in [-0.1, -0.05) is 31.5 Å². The van der Waals surface area contributed by atoms with Gasteiger partial charge in [0.05, 0.1) is 11.6 Å². The summed E-state index contributed by atoms with van der Waals surface area (Å²) in [4.78, 5) is 0. The van der Waals surface area contributed by atoms with E-state index in [2.05, 4.69) is 12.2 Å². The minimum absolute atomic E-state index is 0.0554. The topological polar surface area (TPSA) is 32.3 Å². The highest BCUT2D eigenvalue weighted by Gasteiger charge is 2.26. The van der Waals surface area contributed by atoms with Crippen molar-refractivity contribution in [2.75, 3.05) is 5.32 Å². The molecule has 0 bridgehead atoms. The maximum Gasteiger partial charge on any atom is 0.0817 e. The molecule has 2 heteroatoms. The quantitative estimate of drug-likeness (QED) is 0.777. The van der Waals surface area contributed by atoms with E-state index < -0.39 is 5.60 Å². The summed E-state index contributed by atoms with van der Waals surface area (Å²) in [5.74, 6) is 0. The highest BCUT2D eigenvalue weighted by Crippen LogP contribution is 2.20. The number of para-hydroxylation sites is 1. The van der Waals surface area contributed by atoms with Crippen molar-refractivity contribution in [1.82, 2.24) is 0 Å². The van der Waals surface area contributed by atoms with Crippen LogP contribution in [-0.2, 0) is 0 Å². The monoisotopic (exact) mass is 207 g/mol. The second-order valence-corrected chi connectivity index (χ2v) is 4.34. The second kappa shape index (κ2) is 5.17. The van der Waals surface area contributed by atoms with Crippen LogP contribution < -0.4 is 5.32 Å². The molecule has 1 rings (SSSR count). The van der Waals surface area contributed by atoms with Gasteiger partial charge in [-0.15, -0.1) is 0 Å². The Morgan fingerprint density at radius 3 is 2.47 bits per heavy atom. The van der Waals surface area contributed by atoms with Crippen LogP contribution in [-0.4, -0.2) is 16.7 Å². The lowest BCUT2D eigenvalue weighted by Gasteiger charge is -2.31. The summed E-state index contributed by atoms with van der Waals surface area (Å²) in [5, 5.41) is 13.5. The van der Waals surface area contributed by atoms with Gasteiger partial charge in [0.15, 0.2) is 0 Å². The summed E-state index contributed by atoms with van der Waals surface area (Å²) in [6, 6.07) is 10.0. The van der Waals surface area contributed by atoms with E-state index in [-0.39, 0.29) is 6.04 Å². The first-order valence-electron chi connectivity index (χ1n) is 5.60. The van der Waals surface area contributed by atoms with Crippen molar-refractivity contribution in [3.63, 3.8) is 0 Å². The van der Waals surface area contributed by atoms with Gasteiger partial charge in [0, 0.05) is 5.69 Å². The zero-order chi connectivity index (χ0) is 11.3. The molecule has 0 aliphatic carbocycles. The molecule has 0 amide bonds. The highest BCUT2D eigenvalue weighted by molar-refractivity contribution is 5.43. The number of aliphatic hydroxyl groups is 1. The molecule has 0 unspecified atom stereocenters. The van der Waals surface area contributed by atoms with Crippen LogP contribution in [0, 0.1) is 0 Å². The van der Waals surface area contributed by atoms with E-state index in [4.69, 9.17) is 0 Å². The number of hydrogen-bond acceptors (Lipinski definition) is 2. The van der Waals surface area contributed by atoms with Crippen molar-refractivity contribution in [1.29, 1.82) is 0 Å². The zero-order valence-electron chi connectivity index (χ0n) is 9.83. The second-order valence-electron chi connectivity index (χ2n) is 4.34. The van der Waals surface area contributed by atoms with E-state index in [0.29, 0.717) is 0 Å². The molecule has 0 saturated heterocycles. The van der Waals surface area contributed by atoms with Crippen LogP contribution in [0.2, 0.25) is 0 Å². The van der Waals surface area contributed by atoms with E-state index in [9.17, 15) is 5.11 Å². The molecule has 1 aromatic rings. The highest BCUT2D eigenvalue weighted by atomic mass is 16.3. The van der Waals surface area contributed by atoms with Gasteiger partial charge in [0.1, 0.15) is 0 Å². The van der Waals surface area contributed by atoms with Crippen molar-refractivity contribution in [3.8, 4) is 0 Å². The lowest BCUT2D eigenvalue weighted by Crippen LogP contribution is -2.42. The van der Waals surface area contributed by atoms with Crippen LogP contribution in [0.5, 0.6) is 0 Å². The Balaban J connectivity index is 2.59. The number of rotatable bonds is 5. The van der Waals surface area contributed by atoms with Gasteiger partial charge in [-0.25, -0.2) is 0 Å². The first-order valence-corrected chi connectivity index (χ1v) is 5.60. The van der Waals surface area contributed by atoms with Crippen LogP contribution >= 0.6 is 0 Å². The van der Waals surface area contributed by atoms with E-state index in [0.717, 1.165) is 18.5 Å². The summed E-state index contributed by atoms with van der Waals surface area (Å²) >= 11 is 0. The largest absolute Gasteiger partial charge is 0.388 e. The Labute approximate surface area is 92.3 Å². The molecule has 2 N–H and O–H groups in total. The average molecular weight is 207 g/mol. The maximum absolute atomic E-state index is 10.2. The fraction of sp³-hybridized carbons (Fsp3) is 0.538. The third kappa shape index (κ3) is 3.56. The molecule has 15 heavy (non-hydrogen) atoms. The van der Waals surface area contributed by atoms with Gasteiger partial charge >= 0.3 is 0 Å². The van der Waals surface area contributed by atoms with Crippen LogP contribution in [0.15, 0.2) is 30.3 Å². The molecular weight excluding hydrogens is 186 g/mol.